The first-order valence-electron chi connectivity index (χ1n) is 8.42. The molecule has 0 aromatic rings. The largest absolute Gasteiger partial charge is 0.383 e. The lowest BCUT2D eigenvalue weighted by atomic mass is 9.71. The lowest BCUT2D eigenvalue weighted by Gasteiger charge is -2.37. The Morgan fingerprint density at radius 1 is 1.16 bits per heavy atom. The molecule has 2 bridgehead atoms. The zero-order chi connectivity index (χ0) is 13.7. The van der Waals surface area contributed by atoms with Gasteiger partial charge in [0.25, 0.3) is 0 Å². The molecule has 0 saturated heterocycles. The van der Waals surface area contributed by atoms with Crippen LogP contribution in [0.2, 0.25) is 0 Å². The maximum atomic E-state index is 5.14. The average molecular weight is 267 g/mol. The molecule has 0 spiro atoms. The molecule has 112 valence electrons. The third kappa shape index (κ3) is 3.72. The topological polar surface area (TPSA) is 21.3 Å². The predicted octanol–water partition coefficient (Wildman–Crippen LogP) is 3.86. The van der Waals surface area contributed by atoms with Crippen molar-refractivity contribution in [1.82, 2.24) is 5.32 Å². The van der Waals surface area contributed by atoms with Crippen molar-refractivity contribution in [3.8, 4) is 0 Å². The molecular weight excluding hydrogens is 234 g/mol. The monoisotopic (exact) mass is 267 g/mol. The molecule has 0 aromatic heterocycles. The molecule has 0 heterocycles. The Kier molecular flexibility index (Phi) is 5.70. The summed E-state index contributed by atoms with van der Waals surface area (Å²) >= 11 is 0. The zero-order valence-electron chi connectivity index (χ0n) is 13.2. The second-order valence-corrected chi connectivity index (χ2v) is 7.02. The summed E-state index contributed by atoms with van der Waals surface area (Å²) in [5, 5.41) is 3.62. The molecule has 0 aromatic carbocycles. The van der Waals surface area contributed by atoms with Crippen molar-refractivity contribution in [3.63, 3.8) is 0 Å². The normalized spacial score (nSPS) is 30.2. The van der Waals surface area contributed by atoms with E-state index < -0.39 is 0 Å². The van der Waals surface area contributed by atoms with Gasteiger partial charge in [-0.2, -0.15) is 0 Å². The van der Waals surface area contributed by atoms with E-state index >= 15 is 0 Å². The third-order valence-electron chi connectivity index (χ3n) is 6.06. The Labute approximate surface area is 119 Å². The number of fused-ring (bicyclic) bond motifs is 2. The van der Waals surface area contributed by atoms with Crippen LogP contribution in [0.4, 0.5) is 0 Å². The van der Waals surface area contributed by atoms with Crippen LogP contribution in [0.3, 0.4) is 0 Å². The van der Waals surface area contributed by atoms with Crippen molar-refractivity contribution in [2.24, 2.45) is 23.2 Å². The summed E-state index contributed by atoms with van der Waals surface area (Å²) < 4.78 is 5.14. The van der Waals surface area contributed by atoms with E-state index in [4.69, 9.17) is 4.74 Å². The van der Waals surface area contributed by atoms with Gasteiger partial charge >= 0.3 is 0 Å². The second-order valence-electron chi connectivity index (χ2n) is 7.02. The van der Waals surface area contributed by atoms with E-state index in [1.165, 1.54) is 45.1 Å². The van der Waals surface area contributed by atoms with Gasteiger partial charge in [0.05, 0.1) is 6.61 Å². The first kappa shape index (κ1) is 15.3. The van der Waals surface area contributed by atoms with Crippen LogP contribution in [0.5, 0.6) is 0 Å². The lowest BCUT2D eigenvalue weighted by molar-refractivity contribution is 0.145. The number of methoxy groups -OCH3 is 1. The number of hydrogen-bond acceptors (Lipinski definition) is 2. The van der Waals surface area contributed by atoms with E-state index in [0.29, 0.717) is 5.41 Å². The van der Waals surface area contributed by atoms with Gasteiger partial charge in [0.2, 0.25) is 0 Å². The van der Waals surface area contributed by atoms with Gasteiger partial charge in [-0.25, -0.2) is 0 Å². The zero-order valence-corrected chi connectivity index (χ0v) is 13.2. The van der Waals surface area contributed by atoms with Crippen LogP contribution < -0.4 is 5.32 Å². The highest BCUT2D eigenvalue weighted by Gasteiger charge is 2.42. The second kappa shape index (κ2) is 7.08. The molecule has 2 fully saturated rings. The number of nitrogens with one attached hydrogen (secondary N) is 1. The number of rotatable bonds is 9. The van der Waals surface area contributed by atoms with Gasteiger partial charge in [0, 0.05) is 20.2 Å². The van der Waals surface area contributed by atoms with Gasteiger partial charge in [0.1, 0.15) is 0 Å². The Morgan fingerprint density at radius 2 is 1.95 bits per heavy atom. The molecule has 2 aliphatic rings. The smallest absolute Gasteiger partial charge is 0.0587 e. The fourth-order valence-corrected chi connectivity index (χ4v) is 4.57. The van der Waals surface area contributed by atoms with Gasteiger partial charge in [-0.3, -0.25) is 0 Å². The molecule has 3 atom stereocenters. The lowest BCUT2D eigenvalue weighted by Crippen LogP contribution is -2.37. The van der Waals surface area contributed by atoms with Crippen LogP contribution in [-0.4, -0.2) is 26.8 Å². The maximum Gasteiger partial charge on any atom is 0.0587 e. The summed E-state index contributed by atoms with van der Waals surface area (Å²) in [6.07, 6.45) is 10.2. The predicted molar refractivity (Wildman–Crippen MR) is 81.3 cm³/mol. The van der Waals surface area contributed by atoms with Crippen molar-refractivity contribution in [2.75, 3.05) is 26.8 Å². The van der Waals surface area contributed by atoms with E-state index in [9.17, 15) is 0 Å². The van der Waals surface area contributed by atoms with Gasteiger partial charge in [0.15, 0.2) is 0 Å². The number of hydrogen-bond donors (Lipinski definition) is 1. The summed E-state index contributed by atoms with van der Waals surface area (Å²) in [5.41, 5.74) is 0.531. The summed E-state index contributed by atoms with van der Waals surface area (Å²) in [7, 11) is 1.78. The molecule has 2 aliphatic carbocycles. The van der Waals surface area contributed by atoms with E-state index in [1.54, 1.807) is 13.5 Å². The van der Waals surface area contributed by atoms with Crippen molar-refractivity contribution < 1.29 is 4.74 Å². The highest BCUT2D eigenvalue weighted by Crippen LogP contribution is 2.52. The molecule has 0 amide bonds. The molecule has 0 aliphatic heterocycles. The Morgan fingerprint density at radius 3 is 2.47 bits per heavy atom. The van der Waals surface area contributed by atoms with Crippen molar-refractivity contribution in [1.29, 1.82) is 0 Å². The summed E-state index contributed by atoms with van der Waals surface area (Å²) in [6.45, 7) is 7.77. The van der Waals surface area contributed by atoms with E-state index in [2.05, 4.69) is 19.2 Å². The molecule has 2 rings (SSSR count). The Hall–Kier alpha value is -0.0800. The van der Waals surface area contributed by atoms with Crippen molar-refractivity contribution in [3.05, 3.63) is 0 Å². The molecule has 1 N–H and O–H groups in total. The highest BCUT2D eigenvalue weighted by atomic mass is 16.5. The molecule has 3 unspecified atom stereocenters. The first-order chi connectivity index (χ1) is 9.23. The minimum atomic E-state index is 0.531. The summed E-state index contributed by atoms with van der Waals surface area (Å²) in [5.74, 6) is 3.19. The quantitative estimate of drug-likeness (QED) is 0.641. The average Bonchev–Trinajstić information content (AvgIpc) is 3.04. The minimum Gasteiger partial charge on any atom is -0.383 e. The van der Waals surface area contributed by atoms with Crippen LogP contribution in [-0.2, 0) is 4.74 Å². The number of ether oxygens (including phenoxy) is 1. The van der Waals surface area contributed by atoms with Crippen LogP contribution in [0.1, 0.15) is 58.8 Å². The Bertz CT molecular complexity index is 262. The van der Waals surface area contributed by atoms with Gasteiger partial charge in [-0.05, 0) is 61.7 Å². The van der Waals surface area contributed by atoms with Gasteiger partial charge < -0.3 is 10.1 Å². The standard InChI is InChI=1S/C17H33NO/c1-4-17(5-2,13-18-8-9-19-3)12-16-11-14-6-7-15(16)10-14/h14-16,18H,4-13H2,1-3H3. The van der Waals surface area contributed by atoms with Crippen molar-refractivity contribution >= 4 is 0 Å². The molecule has 19 heavy (non-hydrogen) atoms. The molecule has 2 nitrogen and oxygen atoms in total. The Balaban J connectivity index is 1.83. The molecular formula is C17H33NO. The molecule has 0 radical (unpaired) electrons. The van der Waals surface area contributed by atoms with Crippen LogP contribution >= 0.6 is 0 Å². The van der Waals surface area contributed by atoms with E-state index in [-0.39, 0.29) is 0 Å². The summed E-state index contributed by atoms with van der Waals surface area (Å²) in [6, 6.07) is 0. The molecule has 2 heteroatoms. The fourth-order valence-electron chi connectivity index (χ4n) is 4.57. The van der Waals surface area contributed by atoms with E-state index in [0.717, 1.165) is 30.9 Å². The van der Waals surface area contributed by atoms with Crippen LogP contribution in [0.25, 0.3) is 0 Å². The SMILES string of the molecule is CCC(CC)(CNCCOC)CC1CC2CCC1C2. The van der Waals surface area contributed by atoms with Gasteiger partial charge in [-0.15, -0.1) is 0 Å². The van der Waals surface area contributed by atoms with Crippen molar-refractivity contribution in [2.45, 2.75) is 58.8 Å². The van der Waals surface area contributed by atoms with E-state index in [1.807, 2.05) is 0 Å². The summed E-state index contributed by atoms with van der Waals surface area (Å²) in [4.78, 5) is 0. The maximum absolute atomic E-state index is 5.14. The van der Waals surface area contributed by atoms with Crippen LogP contribution in [0, 0.1) is 23.2 Å². The highest BCUT2D eigenvalue weighted by molar-refractivity contribution is 4.94. The first-order valence-corrected chi connectivity index (χ1v) is 8.42. The molecule has 2 saturated carbocycles. The minimum absolute atomic E-state index is 0.531. The van der Waals surface area contributed by atoms with Gasteiger partial charge in [-0.1, -0.05) is 20.3 Å². The van der Waals surface area contributed by atoms with Crippen LogP contribution in [0.15, 0.2) is 0 Å². The third-order valence-corrected chi connectivity index (χ3v) is 6.06. The fraction of sp³-hybridized carbons (Fsp3) is 1.00.